The summed E-state index contributed by atoms with van der Waals surface area (Å²) in [6.45, 7) is 25.8. The fourth-order valence-corrected chi connectivity index (χ4v) is 4.63. The summed E-state index contributed by atoms with van der Waals surface area (Å²) in [5.41, 5.74) is 0. The van der Waals surface area contributed by atoms with Crippen LogP contribution >= 0.6 is 0 Å². The molecule has 0 amide bonds. The van der Waals surface area contributed by atoms with Crippen LogP contribution < -0.4 is 0 Å². The van der Waals surface area contributed by atoms with E-state index in [1.165, 1.54) is 0 Å². The third kappa shape index (κ3) is 5.39. The van der Waals surface area contributed by atoms with Gasteiger partial charge in [0.25, 0.3) is 0 Å². The van der Waals surface area contributed by atoms with Gasteiger partial charge in [0.15, 0.2) is 16.6 Å². The van der Waals surface area contributed by atoms with Crippen LogP contribution in [0.15, 0.2) is 0 Å². The van der Waals surface area contributed by atoms with Crippen LogP contribution in [0.4, 0.5) is 0 Å². The van der Waals surface area contributed by atoms with E-state index in [9.17, 15) is 0 Å². The zero-order valence-electron chi connectivity index (χ0n) is 17.4. The van der Waals surface area contributed by atoms with E-state index >= 15 is 0 Å². The predicted molar refractivity (Wildman–Crippen MR) is 104 cm³/mol. The third-order valence-corrected chi connectivity index (χ3v) is 15.1. The molecule has 0 bridgehead atoms. The second kappa shape index (κ2) is 6.91. The molecule has 1 aliphatic rings. The standard InChI is InChI=1S/C18H40O3Si2/c1-14-12-15(21-23(10,11)18(5,6)7)16(20-14)13-19-22(8,9)17(2,3)4/h14-16H,12-13H2,1-11H3/t14-,15-,16+/m0/s1. The van der Waals surface area contributed by atoms with Gasteiger partial charge >= 0.3 is 0 Å². The summed E-state index contributed by atoms with van der Waals surface area (Å²) in [6.07, 6.45) is 1.50. The van der Waals surface area contributed by atoms with Crippen molar-refractivity contribution in [1.82, 2.24) is 0 Å². The van der Waals surface area contributed by atoms with Crippen molar-refractivity contribution >= 4 is 16.6 Å². The van der Waals surface area contributed by atoms with E-state index in [0.29, 0.717) is 6.61 Å². The normalized spacial score (nSPS) is 27.5. The minimum Gasteiger partial charge on any atom is -0.414 e. The number of hydrogen-bond donors (Lipinski definition) is 0. The quantitative estimate of drug-likeness (QED) is 0.599. The third-order valence-electron chi connectivity index (χ3n) is 6.05. The zero-order valence-corrected chi connectivity index (χ0v) is 19.4. The minimum absolute atomic E-state index is 0.0771. The van der Waals surface area contributed by atoms with Crippen molar-refractivity contribution in [3.8, 4) is 0 Å². The molecular weight excluding hydrogens is 320 g/mol. The topological polar surface area (TPSA) is 27.7 Å². The van der Waals surface area contributed by atoms with E-state index in [-0.39, 0.29) is 28.4 Å². The van der Waals surface area contributed by atoms with Crippen molar-refractivity contribution in [3.05, 3.63) is 0 Å². The second-order valence-corrected chi connectivity index (χ2v) is 19.8. The van der Waals surface area contributed by atoms with Crippen LogP contribution in [-0.2, 0) is 13.6 Å². The van der Waals surface area contributed by atoms with Gasteiger partial charge in [0.05, 0.1) is 18.8 Å². The molecule has 1 saturated heterocycles. The molecule has 0 saturated carbocycles. The Balaban J connectivity index is 2.74. The maximum absolute atomic E-state index is 6.65. The molecule has 1 rings (SSSR count). The summed E-state index contributed by atoms with van der Waals surface area (Å²) >= 11 is 0. The first-order valence-corrected chi connectivity index (χ1v) is 14.9. The lowest BCUT2D eigenvalue weighted by Gasteiger charge is -2.40. The SMILES string of the molecule is C[C@H]1C[C@H](O[Si](C)(C)C(C)(C)C)[C@@H](CO[Si](C)(C)C(C)(C)C)O1. The molecule has 3 nitrogen and oxygen atoms in total. The Bertz CT molecular complexity index is 394. The van der Waals surface area contributed by atoms with Gasteiger partial charge in [-0.2, -0.15) is 0 Å². The van der Waals surface area contributed by atoms with Gasteiger partial charge < -0.3 is 13.6 Å². The molecule has 0 radical (unpaired) electrons. The number of hydrogen-bond acceptors (Lipinski definition) is 3. The molecule has 1 aliphatic heterocycles. The first-order chi connectivity index (χ1) is 10.1. The molecule has 138 valence electrons. The summed E-state index contributed by atoms with van der Waals surface area (Å²) in [6, 6.07) is 0. The Labute approximate surface area is 146 Å². The summed E-state index contributed by atoms with van der Waals surface area (Å²) in [4.78, 5) is 0. The lowest BCUT2D eigenvalue weighted by molar-refractivity contribution is -0.0106. The molecule has 0 aromatic carbocycles. The average molecular weight is 361 g/mol. The van der Waals surface area contributed by atoms with Crippen molar-refractivity contribution in [2.75, 3.05) is 6.61 Å². The van der Waals surface area contributed by atoms with E-state index in [4.69, 9.17) is 13.6 Å². The maximum Gasteiger partial charge on any atom is 0.192 e. The van der Waals surface area contributed by atoms with Crippen LogP contribution in [0.3, 0.4) is 0 Å². The van der Waals surface area contributed by atoms with Crippen LogP contribution in [0.25, 0.3) is 0 Å². The fraction of sp³-hybridized carbons (Fsp3) is 1.00. The number of rotatable bonds is 5. The van der Waals surface area contributed by atoms with Gasteiger partial charge in [-0.25, -0.2) is 0 Å². The molecule has 3 atom stereocenters. The van der Waals surface area contributed by atoms with Gasteiger partial charge in [-0.15, -0.1) is 0 Å². The Morgan fingerprint density at radius 3 is 1.83 bits per heavy atom. The van der Waals surface area contributed by atoms with E-state index < -0.39 is 16.6 Å². The van der Waals surface area contributed by atoms with Crippen molar-refractivity contribution in [1.29, 1.82) is 0 Å². The van der Waals surface area contributed by atoms with Gasteiger partial charge in [-0.1, -0.05) is 41.5 Å². The molecule has 1 heterocycles. The minimum atomic E-state index is -1.78. The largest absolute Gasteiger partial charge is 0.414 e. The summed E-state index contributed by atoms with van der Waals surface area (Å²) in [5, 5.41) is 0.455. The highest BCUT2D eigenvalue weighted by atomic mass is 28.4. The molecule has 1 fully saturated rings. The lowest BCUT2D eigenvalue weighted by Crippen LogP contribution is -2.48. The van der Waals surface area contributed by atoms with E-state index in [0.717, 1.165) is 6.42 Å². The molecule has 23 heavy (non-hydrogen) atoms. The monoisotopic (exact) mass is 360 g/mol. The van der Waals surface area contributed by atoms with Crippen molar-refractivity contribution < 1.29 is 13.6 Å². The summed E-state index contributed by atoms with van der Waals surface area (Å²) < 4.78 is 19.2. The van der Waals surface area contributed by atoms with Gasteiger partial charge in [0.2, 0.25) is 0 Å². The van der Waals surface area contributed by atoms with E-state index in [1.54, 1.807) is 0 Å². The van der Waals surface area contributed by atoms with E-state index in [1.807, 2.05) is 0 Å². The Morgan fingerprint density at radius 2 is 1.39 bits per heavy atom. The molecule has 0 unspecified atom stereocenters. The highest BCUT2D eigenvalue weighted by Crippen LogP contribution is 2.40. The highest BCUT2D eigenvalue weighted by Gasteiger charge is 2.45. The first kappa shape index (κ1) is 21.4. The fourth-order valence-electron chi connectivity index (χ4n) is 2.25. The second-order valence-electron chi connectivity index (χ2n) is 10.2. The van der Waals surface area contributed by atoms with Gasteiger partial charge in [-0.05, 0) is 43.2 Å². The van der Waals surface area contributed by atoms with Gasteiger partial charge in [0.1, 0.15) is 6.10 Å². The predicted octanol–water partition coefficient (Wildman–Crippen LogP) is 5.58. The Morgan fingerprint density at radius 1 is 0.913 bits per heavy atom. The van der Waals surface area contributed by atoms with Crippen molar-refractivity contribution in [3.63, 3.8) is 0 Å². The molecule has 0 N–H and O–H groups in total. The Kier molecular flexibility index (Phi) is 6.41. The van der Waals surface area contributed by atoms with Crippen LogP contribution in [0, 0.1) is 0 Å². The Hall–Kier alpha value is 0.314. The molecule has 5 heteroatoms. The smallest absolute Gasteiger partial charge is 0.192 e. The van der Waals surface area contributed by atoms with Crippen molar-refractivity contribution in [2.45, 2.75) is 109 Å². The van der Waals surface area contributed by atoms with Gasteiger partial charge in [0, 0.05) is 6.42 Å². The van der Waals surface area contributed by atoms with Gasteiger partial charge in [-0.3, -0.25) is 0 Å². The number of ether oxygens (including phenoxy) is 1. The maximum atomic E-state index is 6.65. The molecular formula is C18H40O3Si2. The summed E-state index contributed by atoms with van der Waals surface area (Å²) in [5.74, 6) is 0. The molecule has 0 aliphatic carbocycles. The van der Waals surface area contributed by atoms with E-state index in [2.05, 4.69) is 74.7 Å². The summed E-state index contributed by atoms with van der Waals surface area (Å²) in [7, 11) is -3.52. The van der Waals surface area contributed by atoms with Crippen LogP contribution in [0.2, 0.25) is 36.3 Å². The van der Waals surface area contributed by atoms with Crippen LogP contribution in [0.1, 0.15) is 54.9 Å². The average Bonchev–Trinajstić information content (AvgIpc) is 2.63. The zero-order chi connectivity index (χ0) is 18.3. The van der Waals surface area contributed by atoms with Crippen LogP contribution in [0.5, 0.6) is 0 Å². The van der Waals surface area contributed by atoms with Crippen LogP contribution in [-0.4, -0.2) is 41.6 Å². The molecule has 0 spiro atoms. The molecule has 0 aromatic rings. The lowest BCUT2D eigenvalue weighted by atomic mass is 10.1. The first-order valence-electron chi connectivity index (χ1n) is 9.04. The molecule has 0 aromatic heterocycles. The highest BCUT2D eigenvalue weighted by molar-refractivity contribution is 6.74. The van der Waals surface area contributed by atoms with Crippen molar-refractivity contribution in [2.24, 2.45) is 0 Å².